The van der Waals surface area contributed by atoms with E-state index in [2.05, 4.69) is 19.2 Å². The zero-order valence-corrected chi connectivity index (χ0v) is 14.7. The molecule has 0 spiro atoms. The van der Waals surface area contributed by atoms with Crippen LogP contribution in [0, 0.1) is 0 Å². The lowest BCUT2D eigenvalue weighted by Gasteiger charge is -2.20. The standard InChI is InChI=1S/C20H23NO4/c1-4-13(2)15-9-6-8-12-18(15)25-14(3)19(22)21-17-11-7-5-10-16(17)20(23)24/h5-14H,4H2,1-3H3,(H,21,22)(H,23,24). The van der Waals surface area contributed by atoms with Crippen LogP contribution in [-0.2, 0) is 4.79 Å². The second kappa shape index (κ2) is 8.33. The molecule has 2 atom stereocenters. The van der Waals surface area contributed by atoms with Crippen LogP contribution < -0.4 is 10.1 Å². The number of nitrogens with one attached hydrogen (secondary N) is 1. The summed E-state index contributed by atoms with van der Waals surface area (Å²) < 4.78 is 5.84. The molecular formula is C20H23NO4. The van der Waals surface area contributed by atoms with Gasteiger partial charge in [0.1, 0.15) is 5.75 Å². The summed E-state index contributed by atoms with van der Waals surface area (Å²) in [6.45, 7) is 5.85. The van der Waals surface area contributed by atoms with Gasteiger partial charge in [0.05, 0.1) is 11.3 Å². The predicted molar refractivity (Wildman–Crippen MR) is 97.3 cm³/mol. The highest BCUT2D eigenvalue weighted by molar-refractivity contribution is 6.01. The molecule has 2 aromatic carbocycles. The van der Waals surface area contributed by atoms with E-state index < -0.39 is 18.0 Å². The van der Waals surface area contributed by atoms with Crippen LogP contribution in [0.3, 0.4) is 0 Å². The predicted octanol–water partition coefficient (Wildman–Crippen LogP) is 4.30. The first kappa shape index (κ1) is 18.5. The summed E-state index contributed by atoms with van der Waals surface area (Å²) in [6, 6.07) is 13.9. The molecule has 0 bridgehead atoms. The average molecular weight is 341 g/mol. The Morgan fingerprint density at radius 1 is 1.08 bits per heavy atom. The Morgan fingerprint density at radius 2 is 1.72 bits per heavy atom. The Labute approximate surface area is 147 Å². The number of benzene rings is 2. The summed E-state index contributed by atoms with van der Waals surface area (Å²) in [7, 11) is 0. The molecule has 2 rings (SSSR count). The maximum Gasteiger partial charge on any atom is 0.337 e. The van der Waals surface area contributed by atoms with Crippen LogP contribution in [0.5, 0.6) is 5.75 Å². The fraction of sp³-hybridized carbons (Fsp3) is 0.300. The number of ether oxygens (including phenoxy) is 1. The van der Waals surface area contributed by atoms with E-state index in [1.807, 2.05) is 24.3 Å². The second-order valence-electron chi connectivity index (χ2n) is 5.95. The van der Waals surface area contributed by atoms with Crippen LogP contribution >= 0.6 is 0 Å². The van der Waals surface area contributed by atoms with Crippen molar-refractivity contribution in [2.75, 3.05) is 5.32 Å². The van der Waals surface area contributed by atoms with E-state index in [9.17, 15) is 14.7 Å². The Morgan fingerprint density at radius 3 is 2.40 bits per heavy atom. The molecule has 25 heavy (non-hydrogen) atoms. The van der Waals surface area contributed by atoms with Crippen LogP contribution in [0.15, 0.2) is 48.5 Å². The van der Waals surface area contributed by atoms with Crippen molar-refractivity contribution in [3.05, 3.63) is 59.7 Å². The summed E-state index contributed by atoms with van der Waals surface area (Å²) in [5.41, 5.74) is 1.35. The van der Waals surface area contributed by atoms with E-state index in [0.29, 0.717) is 11.7 Å². The molecule has 2 N–H and O–H groups in total. The lowest BCUT2D eigenvalue weighted by Crippen LogP contribution is -2.31. The van der Waals surface area contributed by atoms with E-state index in [1.54, 1.807) is 25.1 Å². The summed E-state index contributed by atoms with van der Waals surface area (Å²) in [5.74, 6) is -0.496. The third kappa shape index (κ3) is 4.59. The number of carbonyl (C=O) groups excluding carboxylic acids is 1. The molecule has 0 aliphatic carbocycles. The van der Waals surface area contributed by atoms with Crippen LogP contribution in [0.2, 0.25) is 0 Å². The van der Waals surface area contributed by atoms with E-state index in [-0.39, 0.29) is 11.3 Å². The molecule has 0 saturated heterocycles. The first-order valence-electron chi connectivity index (χ1n) is 8.32. The SMILES string of the molecule is CCC(C)c1ccccc1OC(C)C(=O)Nc1ccccc1C(=O)O. The first-order chi connectivity index (χ1) is 11.9. The van der Waals surface area contributed by atoms with Gasteiger partial charge in [0.25, 0.3) is 5.91 Å². The van der Waals surface area contributed by atoms with Crippen molar-refractivity contribution in [1.29, 1.82) is 0 Å². The van der Waals surface area contributed by atoms with E-state index in [4.69, 9.17) is 4.74 Å². The number of carboxylic acids is 1. The van der Waals surface area contributed by atoms with Gasteiger partial charge in [0.15, 0.2) is 6.10 Å². The molecule has 1 amide bonds. The van der Waals surface area contributed by atoms with E-state index >= 15 is 0 Å². The maximum atomic E-state index is 12.4. The summed E-state index contributed by atoms with van der Waals surface area (Å²) in [4.78, 5) is 23.6. The number of hydrogen-bond acceptors (Lipinski definition) is 3. The number of hydrogen-bond donors (Lipinski definition) is 2. The van der Waals surface area contributed by atoms with Crippen molar-refractivity contribution in [3.8, 4) is 5.75 Å². The Bertz CT molecular complexity index is 757. The maximum absolute atomic E-state index is 12.4. The zero-order valence-electron chi connectivity index (χ0n) is 14.7. The molecule has 0 aromatic heterocycles. The molecule has 2 aromatic rings. The van der Waals surface area contributed by atoms with Gasteiger partial charge in [-0.15, -0.1) is 0 Å². The van der Waals surface area contributed by atoms with Gasteiger partial charge in [-0.3, -0.25) is 4.79 Å². The highest BCUT2D eigenvalue weighted by Crippen LogP contribution is 2.29. The topological polar surface area (TPSA) is 75.6 Å². The van der Waals surface area contributed by atoms with Gasteiger partial charge in [-0.05, 0) is 43.0 Å². The Balaban J connectivity index is 2.13. The average Bonchev–Trinajstić information content (AvgIpc) is 2.61. The van der Waals surface area contributed by atoms with Crippen molar-refractivity contribution in [1.82, 2.24) is 0 Å². The van der Waals surface area contributed by atoms with Crippen LogP contribution in [0.25, 0.3) is 0 Å². The van der Waals surface area contributed by atoms with Gasteiger partial charge >= 0.3 is 5.97 Å². The van der Waals surface area contributed by atoms with Gasteiger partial charge in [0, 0.05) is 0 Å². The van der Waals surface area contributed by atoms with Gasteiger partial charge in [0.2, 0.25) is 0 Å². The molecule has 0 aliphatic rings. The Kier molecular flexibility index (Phi) is 6.17. The molecule has 0 saturated carbocycles. The second-order valence-corrected chi connectivity index (χ2v) is 5.95. The summed E-state index contributed by atoms with van der Waals surface area (Å²) >= 11 is 0. The smallest absolute Gasteiger partial charge is 0.337 e. The number of aromatic carboxylic acids is 1. The highest BCUT2D eigenvalue weighted by atomic mass is 16.5. The van der Waals surface area contributed by atoms with Gasteiger partial charge in [-0.1, -0.05) is 44.2 Å². The fourth-order valence-electron chi connectivity index (χ4n) is 2.47. The molecule has 0 heterocycles. The Hall–Kier alpha value is -2.82. The minimum atomic E-state index is -1.09. The summed E-state index contributed by atoms with van der Waals surface area (Å²) in [6.07, 6.45) is 0.208. The molecular weight excluding hydrogens is 318 g/mol. The van der Waals surface area contributed by atoms with Crippen molar-refractivity contribution < 1.29 is 19.4 Å². The first-order valence-corrected chi connectivity index (χ1v) is 8.32. The molecule has 5 heteroatoms. The number of anilines is 1. The van der Waals surface area contributed by atoms with Crippen molar-refractivity contribution in [3.63, 3.8) is 0 Å². The number of rotatable bonds is 7. The van der Waals surface area contributed by atoms with Crippen molar-refractivity contribution in [2.24, 2.45) is 0 Å². The molecule has 2 unspecified atom stereocenters. The molecule has 0 aliphatic heterocycles. The van der Waals surface area contributed by atoms with Gasteiger partial charge in [-0.25, -0.2) is 4.79 Å². The normalized spacial score (nSPS) is 12.9. The number of para-hydroxylation sites is 2. The van der Waals surface area contributed by atoms with E-state index in [0.717, 1.165) is 12.0 Å². The van der Waals surface area contributed by atoms with Crippen LogP contribution in [0.4, 0.5) is 5.69 Å². The monoisotopic (exact) mass is 341 g/mol. The third-order valence-electron chi connectivity index (χ3n) is 4.15. The zero-order chi connectivity index (χ0) is 18.4. The lowest BCUT2D eigenvalue weighted by atomic mass is 9.98. The lowest BCUT2D eigenvalue weighted by molar-refractivity contribution is -0.122. The van der Waals surface area contributed by atoms with Gasteiger partial charge in [-0.2, -0.15) is 0 Å². The molecule has 0 radical (unpaired) electrons. The van der Waals surface area contributed by atoms with E-state index in [1.165, 1.54) is 6.07 Å². The number of amides is 1. The highest BCUT2D eigenvalue weighted by Gasteiger charge is 2.20. The molecule has 132 valence electrons. The quantitative estimate of drug-likeness (QED) is 0.787. The third-order valence-corrected chi connectivity index (χ3v) is 4.15. The fourth-order valence-corrected chi connectivity index (χ4v) is 2.47. The van der Waals surface area contributed by atoms with Crippen LogP contribution in [0.1, 0.15) is 49.0 Å². The molecule has 5 nitrogen and oxygen atoms in total. The minimum absolute atomic E-state index is 0.0445. The van der Waals surface area contributed by atoms with Crippen LogP contribution in [-0.4, -0.2) is 23.1 Å². The molecule has 0 fully saturated rings. The summed E-state index contributed by atoms with van der Waals surface area (Å²) in [5, 5.41) is 11.8. The number of carboxylic acid groups (broad SMARTS) is 1. The van der Waals surface area contributed by atoms with Crippen molar-refractivity contribution in [2.45, 2.75) is 39.2 Å². The number of carbonyl (C=O) groups is 2. The minimum Gasteiger partial charge on any atom is -0.481 e. The largest absolute Gasteiger partial charge is 0.481 e. The van der Waals surface area contributed by atoms with Gasteiger partial charge < -0.3 is 15.2 Å². The van der Waals surface area contributed by atoms with Crippen molar-refractivity contribution >= 4 is 17.6 Å².